The third-order valence-corrected chi connectivity index (χ3v) is 3.64. The predicted molar refractivity (Wildman–Crippen MR) is 77.2 cm³/mol. The van der Waals surface area contributed by atoms with E-state index in [2.05, 4.69) is 9.88 Å². The molecule has 5 nitrogen and oxygen atoms in total. The van der Waals surface area contributed by atoms with Crippen LogP contribution in [0.15, 0.2) is 29.1 Å². The Morgan fingerprint density at radius 3 is 2.90 bits per heavy atom. The summed E-state index contributed by atoms with van der Waals surface area (Å²) in [6.07, 6.45) is 0. The molecule has 106 valence electrons. The molecule has 1 aromatic carbocycles. The Balaban J connectivity index is 2.03. The van der Waals surface area contributed by atoms with E-state index < -0.39 is 0 Å². The third-order valence-electron chi connectivity index (χ3n) is 3.64. The molecule has 0 radical (unpaired) electrons. The van der Waals surface area contributed by atoms with Crippen molar-refractivity contribution < 1.29 is 9.47 Å². The number of rotatable bonds is 3. The van der Waals surface area contributed by atoms with Crippen LogP contribution in [0.1, 0.15) is 5.56 Å². The molecule has 1 fully saturated rings. The number of H-pyrrole nitrogens is 1. The van der Waals surface area contributed by atoms with Crippen LogP contribution in [0, 0.1) is 0 Å². The standard InChI is InChI=1S/C15H18N2O3/c1-19-13-4-2-3-12-11(9-14(18)16-15(12)13)10-17-5-7-20-8-6-17/h2-4,9H,5-8,10H2,1H3,(H,16,18). The molecule has 1 N–H and O–H groups in total. The molecule has 0 bridgehead atoms. The topological polar surface area (TPSA) is 54.6 Å². The number of pyridine rings is 1. The Labute approximate surface area is 117 Å². The highest BCUT2D eigenvalue weighted by atomic mass is 16.5. The number of aromatic amines is 1. The summed E-state index contributed by atoms with van der Waals surface area (Å²) in [7, 11) is 1.61. The molecule has 0 spiro atoms. The first-order valence-electron chi connectivity index (χ1n) is 6.77. The fourth-order valence-electron chi connectivity index (χ4n) is 2.62. The summed E-state index contributed by atoms with van der Waals surface area (Å²) in [5.74, 6) is 0.698. The van der Waals surface area contributed by atoms with Crippen molar-refractivity contribution in [3.05, 3.63) is 40.2 Å². The van der Waals surface area contributed by atoms with Gasteiger partial charge in [-0.1, -0.05) is 12.1 Å². The van der Waals surface area contributed by atoms with Crippen molar-refractivity contribution in [3.63, 3.8) is 0 Å². The number of hydrogen-bond donors (Lipinski definition) is 1. The maximum Gasteiger partial charge on any atom is 0.248 e. The lowest BCUT2D eigenvalue weighted by molar-refractivity contribution is 0.0343. The first kappa shape index (κ1) is 13.1. The summed E-state index contributed by atoms with van der Waals surface area (Å²) in [6.45, 7) is 4.07. The van der Waals surface area contributed by atoms with Crippen molar-refractivity contribution in [1.29, 1.82) is 0 Å². The molecule has 1 aliphatic heterocycles. The number of aromatic nitrogens is 1. The van der Waals surface area contributed by atoms with Gasteiger partial charge in [0.1, 0.15) is 5.75 Å². The van der Waals surface area contributed by atoms with Gasteiger partial charge in [0, 0.05) is 31.1 Å². The van der Waals surface area contributed by atoms with E-state index in [1.165, 1.54) is 0 Å². The van der Waals surface area contributed by atoms with Crippen molar-refractivity contribution in [2.24, 2.45) is 0 Å². The Kier molecular flexibility index (Phi) is 3.71. The summed E-state index contributed by atoms with van der Waals surface area (Å²) in [5, 5.41) is 1.04. The van der Waals surface area contributed by atoms with E-state index in [1.54, 1.807) is 13.2 Å². The average molecular weight is 274 g/mol. The number of benzene rings is 1. The maximum atomic E-state index is 11.9. The molecule has 2 aromatic rings. The number of nitrogens with one attached hydrogen (secondary N) is 1. The molecule has 0 aliphatic carbocycles. The minimum Gasteiger partial charge on any atom is -0.495 e. The Morgan fingerprint density at radius 1 is 1.35 bits per heavy atom. The minimum atomic E-state index is -0.0924. The van der Waals surface area contributed by atoms with Crippen molar-refractivity contribution in [1.82, 2.24) is 9.88 Å². The molecule has 3 rings (SSSR count). The van der Waals surface area contributed by atoms with Crippen LogP contribution in [0.25, 0.3) is 10.9 Å². The van der Waals surface area contributed by atoms with Crippen molar-refractivity contribution in [3.8, 4) is 5.75 Å². The largest absolute Gasteiger partial charge is 0.495 e. The van der Waals surface area contributed by atoms with Crippen LogP contribution in [-0.2, 0) is 11.3 Å². The van der Waals surface area contributed by atoms with Crippen LogP contribution in [0.2, 0.25) is 0 Å². The Morgan fingerprint density at radius 2 is 2.15 bits per heavy atom. The highest BCUT2D eigenvalue weighted by Gasteiger charge is 2.14. The van der Waals surface area contributed by atoms with E-state index in [0.717, 1.165) is 49.3 Å². The highest BCUT2D eigenvalue weighted by molar-refractivity contribution is 5.87. The second-order valence-electron chi connectivity index (χ2n) is 4.93. The molecular formula is C15H18N2O3. The van der Waals surface area contributed by atoms with E-state index in [-0.39, 0.29) is 5.56 Å². The average Bonchev–Trinajstić information content (AvgIpc) is 2.47. The SMILES string of the molecule is COc1cccc2c(CN3CCOCC3)cc(=O)[nH]c12. The second kappa shape index (κ2) is 5.64. The number of para-hydroxylation sites is 1. The Bertz CT molecular complexity index is 660. The smallest absolute Gasteiger partial charge is 0.248 e. The fraction of sp³-hybridized carbons (Fsp3) is 0.400. The van der Waals surface area contributed by atoms with Gasteiger partial charge in [0.25, 0.3) is 0 Å². The van der Waals surface area contributed by atoms with Crippen LogP contribution in [0.5, 0.6) is 5.75 Å². The number of ether oxygens (including phenoxy) is 2. The van der Waals surface area contributed by atoms with Gasteiger partial charge in [0.05, 0.1) is 25.8 Å². The number of fused-ring (bicyclic) bond motifs is 1. The second-order valence-corrected chi connectivity index (χ2v) is 4.93. The molecule has 20 heavy (non-hydrogen) atoms. The lowest BCUT2D eigenvalue weighted by Gasteiger charge is -2.27. The lowest BCUT2D eigenvalue weighted by Crippen LogP contribution is -2.35. The number of hydrogen-bond acceptors (Lipinski definition) is 4. The zero-order valence-corrected chi connectivity index (χ0v) is 11.5. The zero-order chi connectivity index (χ0) is 13.9. The van der Waals surface area contributed by atoms with Crippen molar-refractivity contribution >= 4 is 10.9 Å². The molecule has 1 saturated heterocycles. The highest BCUT2D eigenvalue weighted by Crippen LogP contribution is 2.25. The summed E-state index contributed by atoms with van der Waals surface area (Å²) in [5.41, 5.74) is 1.71. The molecule has 0 saturated carbocycles. The molecule has 2 heterocycles. The lowest BCUT2D eigenvalue weighted by atomic mass is 10.1. The van der Waals surface area contributed by atoms with Gasteiger partial charge in [0.2, 0.25) is 5.56 Å². The van der Waals surface area contributed by atoms with Gasteiger partial charge in [-0.3, -0.25) is 9.69 Å². The number of morpholine rings is 1. The molecule has 0 amide bonds. The van der Waals surface area contributed by atoms with Crippen LogP contribution in [0.4, 0.5) is 0 Å². The van der Waals surface area contributed by atoms with E-state index >= 15 is 0 Å². The first-order valence-corrected chi connectivity index (χ1v) is 6.77. The minimum absolute atomic E-state index is 0.0924. The van der Waals surface area contributed by atoms with Crippen molar-refractivity contribution in [2.75, 3.05) is 33.4 Å². The molecule has 0 atom stereocenters. The molecule has 1 aromatic heterocycles. The molecule has 5 heteroatoms. The normalized spacial score (nSPS) is 16.4. The van der Waals surface area contributed by atoms with Gasteiger partial charge in [0.15, 0.2) is 0 Å². The van der Waals surface area contributed by atoms with Gasteiger partial charge in [-0.05, 0) is 11.6 Å². The summed E-state index contributed by atoms with van der Waals surface area (Å²) >= 11 is 0. The van der Waals surface area contributed by atoms with Gasteiger partial charge in [-0.2, -0.15) is 0 Å². The predicted octanol–water partition coefficient (Wildman–Crippen LogP) is 1.37. The van der Waals surface area contributed by atoms with Gasteiger partial charge in [-0.15, -0.1) is 0 Å². The van der Waals surface area contributed by atoms with Gasteiger partial charge < -0.3 is 14.5 Å². The first-order chi connectivity index (χ1) is 9.78. The van der Waals surface area contributed by atoms with E-state index in [4.69, 9.17) is 9.47 Å². The Hall–Kier alpha value is -1.85. The fourth-order valence-corrected chi connectivity index (χ4v) is 2.62. The number of nitrogens with zero attached hydrogens (tertiary/aromatic N) is 1. The zero-order valence-electron chi connectivity index (χ0n) is 11.5. The van der Waals surface area contributed by atoms with Crippen LogP contribution in [0.3, 0.4) is 0 Å². The quantitative estimate of drug-likeness (QED) is 0.918. The van der Waals surface area contributed by atoms with Crippen molar-refractivity contribution in [2.45, 2.75) is 6.54 Å². The van der Waals surface area contributed by atoms with Crippen LogP contribution in [-0.4, -0.2) is 43.3 Å². The van der Waals surface area contributed by atoms with Crippen LogP contribution < -0.4 is 10.3 Å². The van der Waals surface area contributed by atoms with E-state index in [0.29, 0.717) is 5.75 Å². The summed E-state index contributed by atoms with van der Waals surface area (Å²) < 4.78 is 10.7. The summed E-state index contributed by atoms with van der Waals surface area (Å²) in [6, 6.07) is 7.50. The molecular weight excluding hydrogens is 256 g/mol. The van der Waals surface area contributed by atoms with Gasteiger partial charge in [-0.25, -0.2) is 0 Å². The van der Waals surface area contributed by atoms with E-state index in [9.17, 15) is 4.79 Å². The van der Waals surface area contributed by atoms with Crippen LogP contribution >= 0.6 is 0 Å². The maximum absolute atomic E-state index is 11.9. The monoisotopic (exact) mass is 274 g/mol. The molecule has 1 aliphatic rings. The van der Waals surface area contributed by atoms with Gasteiger partial charge >= 0.3 is 0 Å². The summed E-state index contributed by atoms with van der Waals surface area (Å²) in [4.78, 5) is 17.0. The molecule has 0 unspecified atom stereocenters. The number of methoxy groups -OCH3 is 1. The van der Waals surface area contributed by atoms with E-state index in [1.807, 2.05) is 18.2 Å². The third kappa shape index (κ3) is 2.55.